The van der Waals surface area contributed by atoms with E-state index in [1.165, 1.54) is 7.05 Å². The van der Waals surface area contributed by atoms with Gasteiger partial charge in [0.25, 0.3) is 0 Å². The molecule has 0 atom stereocenters. The Bertz CT molecular complexity index is 562. The van der Waals surface area contributed by atoms with Crippen molar-refractivity contribution in [2.45, 2.75) is 30.3 Å². The molecule has 6 nitrogen and oxygen atoms in total. The van der Waals surface area contributed by atoms with Gasteiger partial charge in [-0.1, -0.05) is 12.1 Å². The second-order valence-electron chi connectivity index (χ2n) is 4.47. The minimum Gasteiger partial charge on any atom is -0.370 e. The minimum atomic E-state index is -3.38. The molecule has 4 N–H and O–H groups in total. The van der Waals surface area contributed by atoms with Crippen LogP contribution in [0.4, 0.5) is 0 Å². The second kappa shape index (κ2) is 5.58. The molecule has 0 saturated heterocycles. The lowest BCUT2D eigenvalue weighted by atomic mass is 10.2. The van der Waals surface area contributed by atoms with Gasteiger partial charge in [-0.05, 0) is 37.6 Å². The van der Waals surface area contributed by atoms with Gasteiger partial charge in [-0.2, -0.15) is 0 Å². The number of nitrogens with zero attached hydrogens (tertiary/aromatic N) is 1. The molecule has 0 spiro atoms. The first-order chi connectivity index (χ1) is 9.01. The van der Waals surface area contributed by atoms with E-state index in [0.29, 0.717) is 18.5 Å². The molecule has 19 heavy (non-hydrogen) atoms. The van der Waals surface area contributed by atoms with E-state index in [1.807, 2.05) is 0 Å². The fourth-order valence-corrected chi connectivity index (χ4v) is 2.28. The molecule has 1 aliphatic rings. The first kappa shape index (κ1) is 13.8. The molecule has 104 valence electrons. The van der Waals surface area contributed by atoms with E-state index in [9.17, 15) is 8.42 Å². The molecule has 0 heterocycles. The molecule has 0 aliphatic heterocycles. The third-order valence-corrected chi connectivity index (χ3v) is 4.29. The van der Waals surface area contributed by atoms with Gasteiger partial charge in [0, 0.05) is 6.04 Å². The van der Waals surface area contributed by atoms with Gasteiger partial charge in [-0.3, -0.25) is 0 Å². The summed E-state index contributed by atoms with van der Waals surface area (Å²) in [7, 11) is -1.99. The zero-order chi connectivity index (χ0) is 13.9. The van der Waals surface area contributed by atoms with Crippen molar-refractivity contribution in [2.24, 2.45) is 10.7 Å². The number of benzene rings is 1. The van der Waals surface area contributed by atoms with Crippen LogP contribution in [0.15, 0.2) is 34.2 Å². The Labute approximate surface area is 113 Å². The predicted molar refractivity (Wildman–Crippen MR) is 74.2 cm³/mol. The number of sulfonamides is 1. The maximum absolute atomic E-state index is 11.5. The van der Waals surface area contributed by atoms with E-state index in [4.69, 9.17) is 5.73 Å². The summed E-state index contributed by atoms with van der Waals surface area (Å²) in [5, 5.41) is 3.09. The van der Waals surface area contributed by atoms with Crippen LogP contribution in [0.2, 0.25) is 0 Å². The highest BCUT2D eigenvalue weighted by molar-refractivity contribution is 7.89. The molecular weight excluding hydrogens is 264 g/mol. The Hall–Kier alpha value is -1.60. The number of nitrogens with two attached hydrogens (primary N) is 1. The van der Waals surface area contributed by atoms with Crippen LogP contribution in [0.3, 0.4) is 0 Å². The van der Waals surface area contributed by atoms with Crippen molar-refractivity contribution >= 4 is 16.0 Å². The summed E-state index contributed by atoms with van der Waals surface area (Å²) in [6.45, 7) is 0.436. The lowest BCUT2D eigenvalue weighted by Gasteiger charge is -2.05. The van der Waals surface area contributed by atoms with Gasteiger partial charge in [-0.25, -0.2) is 18.1 Å². The number of aliphatic imine (C=N–C) groups is 1. The second-order valence-corrected chi connectivity index (χ2v) is 6.36. The van der Waals surface area contributed by atoms with E-state index in [1.54, 1.807) is 24.3 Å². The molecule has 0 aromatic heterocycles. The Morgan fingerprint density at radius 1 is 1.37 bits per heavy atom. The van der Waals surface area contributed by atoms with Crippen LogP contribution >= 0.6 is 0 Å². The van der Waals surface area contributed by atoms with Gasteiger partial charge >= 0.3 is 0 Å². The standard InChI is InChI=1S/C12H18N4O2S/c1-14-19(17,18)11-6-2-9(3-7-11)8-15-12(13)16-10-4-5-10/h2-3,6-7,10,14H,4-5,8H2,1H3,(H3,13,15,16). The molecular formula is C12H18N4O2S. The highest BCUT2D eigenvalue weighted by Crippen LogP contribution is 2.18. The summed E-state index contributed by atoms with van der Waals surface area (Å²) in [5.74, 6) is 0.439. The summed E-state index contributed by atoms with van der Waals surface area (Å²) in [4.78, 5) is 4.45. The average Bonchev–Trinajstić information content (AvgIpc) is 3.21. The summed E-state index contributed by atoms with van der Waals surface area (Å²) < 4.78 is 25.3. The highest BCUT2D eigenvalue weighted by Gasteiger charge is 2.21. The number of nitrogens with one attached hydrogen (secondary N) is 2. The predicted octanol–water partition coefficient (Wildman–Crippen LogP) is 0.161. The molecule has 0 amide bonds. The highest BCUT2D eigenvalue weighted by atomic mass is 32.2. The zero-order valence-corrected chi connectivity index (χ0v) is 11.6. The molecule has 0 bridgehead atoms. The van der Waals surface area contributed by atoms with Crippen molar-refractivity contribution in [3.8, 4) is 0 Å². The molecule has 0 unspecified atom stereocenters. The quantitative estimate of drug-likeness (QED) is 0.529. The molecule has 1 aliphatic carbocycles. The van der Waals surface area contributed by atoms with Crippen LogP contribution in [0, 0.1) is 0 Å². The molecule has 1 aromatic rings. The Morgan fingerprint density at radius 2 is 2.00 bits per heavy atom. The van der Waals surface area contributed by atoms with Crippen LogP contribution in [0.1, 0.15) is 18.4 Å². The topological polar surface area (TPSA) is 96.6 Å². The molecule has 1 saturated carbocycles. The summed E-state index contributed by atoms with van der Waals surface area (Å²) >= 11 is 0. The normalized spacial score (nSPS) is 16.4. The number of guanidine groups is 1. The Balaban J connectivity index is 1.98. The number of hydrogen-bond acceptors (Lipinski definition) is 3. The van der Waals surface area contributed by atoms with Gasteiger partial charge in [0.05, 0.1) is 11.4 Å². The fraction of sp³-hybridized carbons (Fsp3) is 0.417. The molecule has 0 radical (unpaired) electrons. The van der Waals surface area contributed by atoms with Crippen molar-refractivity contribution in [1.82, 2.24) is 10.0 Å². The lowest BCUT2D eigenvalue weighted by Crippen LogP contribution is -2.33. The molecule has 1 aromatic carbocycles. The van der Waals surface area contributed by atoms with Crippen LogP contribution < -0.4 is 15.8 Å². The third kappa shape index (κ3) is 3.93. The van der Waals surface area contributed by atoms with Crippen molar-refractivity contribution < 1.29 is 8.42 Å². The van der Waals surface area contributed by atoms with Crippen LogP contribution in [0.25, 0.3) is 0 Å². The van der Waals surface area contributed by atoms with Crippen molar-refractivity contribution in [3.05, 3.63) is 29.8 Å². The van der Waals surface area contributed by atoms with Gasteiger partial charge < -0.3 is 11.1 Å². The minimum absolute atomic E-state index is 0.242. The van der Waals surface area contributed by atoms with E-state index in [-0.39, 0.29) is 4.90 Å². The maximum atomic E-state index is 11.5. The van der Waals surface area contributed by atoms with Crippen LogP contribution in [0.5, 0.6) is 0 Å². The lowest BCUT2D eigenvalue weighted by molar-refractivity contribution is 0.588. The fourth-order valence-electron chi connectivity index (χ4n) is 1.55. The largest absolute Gasteiger partial charge is 0.370 e. The van der Waals surface area contributed by atoms with Gasteiger partial charge in [0.1, 0.15) is 0 Å². The average molecular weight is 282 g/mol. The third-order valence-electron chi connectivity index (χ3n) is 2.86. The van der Waals surface area contributed by atoms with Crippen molar-refractivity contribution in [3.63, 3.8) is 0 Å². The maximum Gasteiger partial charge on any atom is 0.240 e. The van der Waals surface area contributed by atoms with E-state index >= 15 is 0 Å². The summed E-state index contributed by atoms with van der Waals surface area (Å²) in [6, 6.07) is 7.06. The van der Waals surface area contributed by atoms with Gasteiger partial charge in [0.15, 0.2) is 5.96 Å². The van der Waals surface area contributed by atoms with Gasteiger partial charge in [0.2, 0.25) is 10.0 Å². The Kier molecular flexibility index (Phi) is 4.06. The molecule has 1 fully saturated rings. The van der Waals surface area contributed by atoms with Crippen LogP contribution in [-0.4, -0.2) is 27.5 Å². The summed E-state index contributed by atoms with van der Waals surface area (Å²) in [5.41, 5.74) is 6.63. The van der Waals surface area contributed by atoms with Crippen molar-refractivity contribution in [2.75, 3.05) is 7.05 Å². The SMILES string of the molecule is CNS(=O)(=O)c1ccc(CN=C(N)NC2CC2)cc1. The zero-order valence-electron chi connectivity index (χ0n) is 10.8. The van der Waals surface area contributed by atoms with Crippen LogP contribution in [-0.2, 0) is 16.6 Å². The molecule has 2 rings (SSSR count). The first-order valence-electron chi connectivity index (χ1n) is 6.10. The van der Waals surface area contributed by atoms with E-state index in [0.717, 1.165) is 18.4 Å². The monoisotopic (exact) mass is 282 g/mol. The van der Waals surface area contributed by atoms with Crippen molar-refractivity contribution in [1.29, 1.82) is 0 Å². The summed E-state index contributed by atoms with van der Waals surface area (Å²) in [6.07, 6.45) is 2.29. The molecule has 7 heteroatoms. The van der Waals surface area contributed by atoms with E-state index in [2.05, 4.69) is 15.0 Å². The smallest absolute Gasteiger partial charge is 0.240 e. The number of rotatable bonds is 5. The van der Waals surface area contributed by atoms with E-state index < -0.39 is 10.0 Å². The first-order valence-corrected chi connectivity index (χ1v) is 7.58. The Morgan fingerprint density at radius 3 is 2.53 bits per heavy atom. The van der Waals surface area contributed by atoms with Gasteiger partial charge in [-0.15, -0.1) is 0 Å². The number of hydrogen-bond donors (Lipinski definition) is 3.